The molecule has 0 radical (unpaired) electrons. The monoisotopic (exact) mass is 682 g/mol. The number of benzene rings is 2. The smallest absolute Gasteiger partial charge is 0.416 e. The quantitative estimate of drug-likeness (QED) is 0.191. The number of esters is 1. The number of likely N-dealkylation sites (N-methyl/N-ethyl adjacent to an activating group) is 1. The van der Waals surface area contributed by atoms with Crippen molar-refractivity contribution in [2.45, 2.75) is 83.2 Å². The van der Waals surface area contributed by atoms with Crippen molar-refractivity contribution in [1.29, 1.82) is 0 Å². The molecule has 1 saturated carbocycles. The van der Waals surface area contributed by atoms with Crippen LogP contribution in [0.1, 0.15) is 85.5 Å². The highest BCUT2D eigenvalue weighted by atomic mass is 19.4. The predicted octanol–water partition coefficient (Wildman–Crippen LogP) is 8.50. The maximum Gasteiger partial charge on any atom is 0.416 e. The number of ether oxygens (including phenoxy) is 1. The van der Waals surface area contributed by atoms with Crippen LogP contribution in [0.15, 0.2) is 42.5 Å². The van der Waals surface area contributed by atoms with E-state index in [1.807, 2.05) is 0 Å². The van der Waals surface area contributed by atoms with E-state index in [0.717, 1.165) is 4.90 Å². The van der Waals surface area contributed by atoms with Crippen LogP contribution in [0.4, 0.5) is 36.4 Å². The Morgan fingerprint density at radius 1 is 0.896 bits per heavy atom. The molecule has 1 aliphatic rings. The summed E-state index contributed by atoms with van der Waals surface area (Å²) < 4.78 is 101. The second kappa shape index (κ2) is 13.9. The van der Waals surface area contributed by atoms with Gasteiger partial charge in [0.25, 0.3) is 0 Å². The van der Waals surface area contributed by atoms with Crippen molar-refractivity contribution in [2.24, 2.45) is 5.92 Å². The third-order valence-electron chi connectivity index (χ3n) is 9.15. The summed E-state index contributed by atoms with van der Waals surface area (Å²) in [4.78, 5) is 31.7. The van der Waals surface area contributed by atoms with Gasteiger partial charge in [-0.2, -0.15) is 26.3 Å². The van der Waals surface area contributed by atoms with Crippen molar-refractivity contribution in [1.82, 2.24) is 4.98 Å². The van der Waals surface area contributed by atoms with Gasteiger partial charge in [-0.25, -0.2) is 4.39 Å². The molecule has 0 bridgehead atoms. The number of anilines is 1. The maximum absolute atomic E-state index is 14.2. The molecule has 13 heteroatoms. The Hall–Kier alpha value is -4.00. The molecule has 2 aromatic carbocycles. The molecule has 0 aliphatic heterocycles. The van der Waals surface area contributed by atoms with Crippen LogP contribution in [-0.4, -0.2) is 36.1 Å². The van der Waals surface area contributed by atoms with Crippen LogP contribution in [0.2, 0.25) is 0 Å². The topological polar surface area (TPSA) is 79.7 Å². The molecule has 1 amide bonds. The fourth-order valence-electron chi connectivity index (χ4n) is 6.38. The zero-order valence-corrected chi connectivity index (χ0v) is 27.2. The Balaban J connectivity index is 1.83. The van der Waals surface area contributed by atoms with E-state index in [4.69, 9.17) is 9.72 Å². The summed E-state index contributed by atoms with van der Waals surface area (Å²) in [5, 5.41) is 10.5. The number of hydrogen-bond donors (Lipinski definition) is 1. The second-order valence-electron chi connectivity index (χ2n) is 12.8. The molecule has 1 aromatic heterocycles. The van der Waals surface area contributed by atoms with Gasteiger partial charge in [-0.1, -0.05) is 6.07 Å². The van der Waals surface area contributed by atoms with Crippen LogP contribution >= 0.6 is 0 Å². The fraction of sp³-hybridized carbons (Fsp3) is 0.457. The number of aryl methyl sites for hydroxylation is 1. The van der Waals surface area contributed by atoms with Crippen LogP contribution in [0.3, 0.4) is 0 Å². The summed E-state index contributed by atoms with van der Waals surface area (Å²) >= 11 is 0. The van der Waals surface area contributed by atoms with Crippen molar-refractivity contribution in [3.8, 4) is 11.1 Å². The summed E-state index contributed by atoms with van der Waals surface area (Å²) in [6, 6.07) is 6.77. The van der Waals surface area contributed by atoms with E-state index in [0.29, 0.717) is 60.2 Å². The minimum absolute atomic E-state index is 0.00137. The van der Waals surface area contributed by atoms with Gasteiger partial charge in [0, 0.05) is 30.6 Å². The van der Waals surface area contributed by atoms with Gasteiger partial charge in [-0.3, -0.25) is 14.6 Å². The number of halogens is 7. The predicted molar refractivity (Wildman–Crippen MR) is 165 cm³/mol. The molecule has 260 valence electrons. The van der Waals surface area contributed by atoms with E-state index in [9.17, 15) is 45.4 Å². The highest BCUT2D eigenvalue weighted by Gasteiger charge is 2.42. The Morgan fingerprint density at radius 3 is 1.96 bits per heavy atom. The summed E-state index contributed by atoms with van der Waals surface area (Å²) in [6.07, 6.45) is -7.18. The van der Waals surface area contributed by atoms with E-state index < -0.39 is 52.8 Å². The first-order valence-corrected chi connectivity index (χ1v) is 15.3. The lowest BCUT2D eigenvalue weighted by Crippen LogP contribution is -2.42. The average molecular weight is 683 g/mol. The van der Waals surface area contributed by atoms with E-state index in [2.05, 4.69) is 0 Å². The number of amides is 1. The van der Waals surface area contributed by atoms with Gasteiger partial charge in [0.05, 0.1) is 41.6 Å². The van der Waals surface area contributed by atoms with Crippen LogP contribution in [0, 0.1) is 18.7 Å². The minimum Gasteiger partial charge on any atom is -0.469 e. The third kappa shape index (κ3) is 7.82. The second-order valence-corrected chi connectivity index (χ2v) is 12.8. The molecule has 1 heterocycles. The van der Waals surface area contributed by atoms with Gasteiger partial charge >= 0.3 is 18.3 Å². The number of alkyl halides is 6. The van der Waals surface area contributed by atoms with E-state index >= 15 is 0 Å². The summed E-state index contributed by atoms with van der Waals surface area (Å²) in [7, 11) is 2.63. The molecule has 48 heavy (non-hydrogen) atoms. The number of carbonyl (C=O) groups is 2. The van der Waals surface area contributed by atoms with E-state index in [-0.39, 0.29) is 41.7 Å². The lowest BCUT2D eigenvalue weighted by molar-refractivity contribution is -0.144. The van der Waals surface area contributed by atoms with Crippen LogP contribution in [0.25, 0.3) is 11.1 Å². The molecule has 3 aromatic rings. The molecule has 0 saturated heterocycles. The van der Waals surface area contributed by atoms with Gasteiger partial charge < -0.3 is 14.7 Å². The van der Waals surface area contributed by atoms with Gasteiger partial charge in [0.2, 0.25) is 5.91 Å². The number of aliphatic hydroxyl groups excluding tert-OH is 1. The number of carbonyl (C=O) groups excluding carboxylic acids is 2. The first kappa shape index (κ1) is 36.8. The SMILES string of the molecule is COC(=O)CC1CCC(c2cc(-c3ccc(F)cc3C)c(N(C)C(=O)C(C)(C)c3cc(C(F)(F)F)cc(C(F)(F)F)c3)c(CO)n2)CC1. The Morgan fingerprint density at radius 2 is 1.46 bits per heavy atom. The fourth-order valence-corrected chi connectivity index (χ4v) is 6.38. The number of aliphatic hydroxyl groups is 1. The maximum atomic E-state index is 14.2. The van der Waals surface area contributed by atoms with Crippen molar-refractivity contribution in [3.05, 3.63) is 81.9 Å². The lowest BCUT2D eigenvalue weighted by atomic mass is 9.78. The van der Waals surface area contributed by atoms with Crippen LogP contribution < -0.4 is 4.90 Å². The van der Waals surface area contributed by atoms with Crippen LogP contribution in [0.5, 0.6) is 0 Å². The number of aromatic nitrogens is 1. The molecule has 1 aliphatic carbocycles. The third-order valence-corrected chi connectivity index (χ3v) is 9.15. The highest BCUT2D eigenvalue weighted by Crippen LogP contribution is 2.44. The van der Waals surface area contributed by atoms with Crippen molar-refractivity contribution < 1.29 is 50.2 Å². The van der Waals surface area contributed by atoms with Crippen molar-refractivity contribution in [2.75, 3.05) is 19.1 Å². The Labute approximate surface area is 273 Å². The number of methoxy groups -OCH3 is 1. The zero-order valence-electron chi connectivity index (χ0n) is 27.2. The van der Waals surface area contributed by atoms with Gasteiger partial charge in [0.1, 0.15) is 5.82 Å². The van der Waals surface area contributed by atoms with Crippen molar-refractivity contribution in [3.63, 3.8) is 0 Å². The largest absolute Gasteiger partial charge is 0.469 e. The molecule has 0 unspecified atom stereocenters. The van der Waals surface area contributed by atoms with Crippen molar-refractivity contribution >= 4 is 17.6 Å². The van der Waals surface area contributed by atoms with E-state index in [1.165, 1.54) is 46.2 Å². The molecule has 1 fully saturated rings. The summed E-state index contributed by atoms with van der Waals surface area (Å²) in [5.74, 6) is -1.64. The molecular formula is C35H37F7N2O4. The summed E-state index contributed by atoms with van der Waals surface area (Å²) in [6.45, 7) is 3.43. The Bertz CT molecular complexity index is 1640. The van der Waals surface area contributed by atoms with E-state index in [1.54, 1.807) is 13.0 Å². The number of hydrogen-bond acceptors (Lipinski definition) is 5. The van der Waals surface area contributed by atoms with Gasteiger partial charge in [0.15, 0.2) is 0 Å². The summed E-state index contributed by atoms with van der Waals surface area (Å²) in [5.41, 5.74) is -3.48. The normalized spacial score (nSPS) is 17.3. The molecular weight excluding hydrogens is 645 g/mol. The molecule has 4 rings (SSSR count). The lowest BCUT2D eigenvalue weighted by Gasteiger charge is -2.34. The molecule has 0 atom stereocenters. The van der Waals surface area contributed by atoms with Gasteiger partial charge in [-0.05, 0) is 105 Å². The number of rotatable bonds is 8. The standard InChI is InChI=1S/C35H37F7N2O4/c1-19-12-25(36)10-11-26(19)27-17-28(21-8-6-20(7-9-21)13-30(46)48-5)43-29(18-45)31(27)44(4)32(47)33(2,3)22-14-23(34(37,38)39)16-24(15-22)35(40,41)42/h10-12,14-17,20-21,45H,6-9,13,18H2,1-5H3. The number of nitrogens with zero attached hydrogens (tertiary/aromatic N) is 2. The molecule has 1 N–H and O–H groups in total. The molecule has 0 spiro atoms. The van der Waals surface area contributed by atoms with Gasteiger partial charge in [-0.15, -0.1) is 0 Å². The Kier molecular flexibility index (Phi) is 10.6. The molecule has 6 nitrogen and oxygen atoms in total. The first-order chi connectivity index (χ1) is 22.3. The number of pyridine rings is 1. The first-order valence-electron chi connectivity index (χ1n) is 15.3. The zero-order chi connectivity index (χ0) is 35.8. The average Bonchev–Trinajstić information content (AvgIpc) is 3.02. The van der Waals surface area contributed by atoms with Crippen LogP contribution in [-0.2, 0) is 38.7 Å². The minimum atomic E-state index is -5.11. The highest BCUT2D eigenvalue weighted by molar-refractivity contribution is 6.04.